The number of phenolic OH excluding ortho intramolecular Hbond substituents is 3. The number of rotatable bonds is 2. The number of phenols is 3. The molecule has 2 aromatic carbocycles. The van der Waals surface area contributed by atoms with Crippen molar-refractivity contribution in [1.29, 1.82) is 0 Å². The van der Waals surface area contributed by atoms with Crippen molar-refractivity contribution in [3.8, 4) is 17.2 Å². The van der Waals surface area contributed by atoms with Crippen LogP contribution in [0.1, 0.15) is 18.1 Å². The fourth-order valence-electron chi connectivity index (χ4n) is 1.70. The molecule has 3 N–H and O–H groups in total. The minimum absolute atomic E-state index is 0.109. The first-order valence-electron chi connectivity index (χ1n) is 5.56. The standard InChI is InChI=1S/C15H14O3/c1-10(11-2-4-13(16)5-3-11)8-12-9-14(17)6-7-15(12)18/h2-9,16-18H,1H3/b10-8+. The van der Waals surface area contributed by atoms with E-state index < -0.39 is 0 Å². The third-order valence-electron chi connectivity index (χ3n) is 2.71. The molecule has 2 aromatic rings. The molecule has 0 heterocycles. The van der Waals surface area contributed by atoms with Gasteiger partial charge in [-0.15, -0.1) is 0 Å². The van der Waals surface area contributed by atoms with Gasteiger partial charge < -0.3 is 15.3 Å². The highest BCUT2D eigenvalue weighted by Gasteiger charge is 2.02. The average molecular weight is 242 g/mol. The van der Waals surface area contributed by atoms with E-state index in [1.165, 1.54) is 18.2 Å². The van der Waals surface area contributed by atoms with E-state index in [9.17, 15) is 15.3 Å². The van der Waals surface area contributed by atoms with Crippen LogP contribution in [-0.2, 0) is 0 Å². The van der Waals surface area contributed by atoms with Gasteiger partial charge >= 0.3 is 0 Å². The van der Waals surface area contributed by atoms with Crippen molar-refractivity contribution >= 4 is 11.6 Å². The Morgan fingerprint density at radius 3 is 2.17 bits per heavy atom. The van der Waals surface area contributed by atoms with Crippen LogP contribution in [0.4, 0.5) is 0 Å². The summed E-state index contributed by atoms with van der Waals surface area (Å²) in [6, 6.07) is 11.2. The molecule has 18 heavy (non-hydrogen) atoms. The Morgan fingerprint density at radius 2 is 1.50 bits per heavy atom. The summed E-state index contributed by atoms with van der Waals surface area (Å²) in [7, 11) is 0. The summed E-state index contributed by atoms with van der Waals surface area (Å²) in [6.07, 6.45) is 1.78. The van der Waals surface area contributed by atoms with E-state index in [1.807, 2.05) is 6.92 Å². The second-order valence-corrected chi connectivity index (χ2v) is 4.12. The van der Waals surface area contributed by atoms with Gasteiger partial charge in [0.15, 0.2) is 0 Å². The van der Waals surface area contributed by atoms with E-state index in [-0.39, 0.29) is 17.2 Å². The molecule has 0 atom stereocenters. The molecular weight excluding hydrogens is 228 g/mol. The Balaban J connectivity index is 2.38. The van der Waals surface area contributed by atoms with Crippen LogP contribution in [0.2, 0.25) is 0 Å². The van der Waals surface area contributed by atoms with Crippen molar-refractivity contribution in [2.24, 2.45) is 0 Å². The lowest BCUT2D eigenvalue weighted by Gasteiger charge is -2.04. The molecule has 0 radical (unpaired) electrons. The Labute approximate surface area is 105 Å². The molecular formula is C15H14O3. The lowest BCUT2D eigenvalue weighted by Crippen LogP contribution is -1.81. The molecule has 0 aliphatic heterocycles. The van der Waals surface area contributed by atoms with E-state index in [2.05, 4.69) is 0 Å². The number of hydrogen-bond donors (Lipinski definition) is 3. The molecule has 0 aliphatic rings. The van der Waals surface area contributed by atoms with Gasteiger partial charge in [0.2, 0.25) is 0 Å². The van der Waals surface area contributed by atoms with Gasteiger partial charge in [-0.1, -0.05) is 12.1 Å². The summed E-state index contributed by atoms with van der Waals surface area (Å²) in [5.74, 6) is 0.440. The maximum atomic E-state index is 9.68. The zero-order valence-electron chi connectivity index (χ0n) is 9.96. The van der Waals surface area contributed by atoms with Crippen LogP contribution >= 0.6 is 0 Å². The molecule has 0 saturated carbocycles. The van der Waals surface area contributed by atoms with Crippen LogP contribution in [0.3, 0.4) is 0 Å². The zero-order chi connectivity index (χ0) is 13.1. The van der Waals surface area contributed by atoms with Crippen LogP contribution in [0.15, 0.2) is 42.5 Å². The zero-order valence-corrected chi connectivity index (χ0v) is 9.96. The quantitative estimate of drug-likeness (QED) is 0.559. The monoisotopic (exact) mass is 242 g/mol. The van der Waals surface area contributed by atoms with Gasteiger partial charge in [-0.3, -0.25) is 0 Å². The Bertz CT molecular complexity index is 583. The lowest BCUT2D eigenvalue weighted by molar-refractivity contribution is 0.459. The maximum Gasteiger partial charge on any atom is 0.123 e. The van der Waals surface area contributed by atoms with Gasteiger partial charge in [-0.25, -0.2) is 0 Å². The largest absolute Gasteiger partial charge is 0.508 e. The topological polar surface area (TPSA) is 60.7 Å². The van der Waals surface area contributed by atoms with Crippen LogP contribution < -0.4 is 0 Å². The fourth-order valence-corrected chi connectivity index (χ4v) is 1.70. The third kappa shape index (κ3) is 2.63. The lowest BCUT2D eigenvalue weighted by atomic mass is 10.0. The smallest absolute Gasteiger partial charge is 0.123 e. The first kappa shape index (κ1) is 12.0. The molecule has 0 amide bonds. The summed E-state index contributed by atoms with van der Waals surface area (Å²) in [4.78, 5) is 0. The van der Waals surface area contributed by atoms with Gasteiger partial charge in [0.25, 0.3) is 0 Å². The van der Waals surface area contributed by atoms with Gasteiger partial charge in [0.1, 0.15) is 17.2 Å². The molecule has 3 heteroatoms. The highest BCUT2D eigenvalue weighted by molar-refractivity contribution is 5.82. The summed E-state index contributed by atoms with van der Waals surface area (Å²) in [5.41, 5.74) is 2.42. The van der Waals surface area contributed by atoms with Crippen LogP contribution in [0.5, 0.6) is 17.2 Å². The molecule has 0 spiro atoms. The minimum atomic E-state index is 0.109. The van der Waals surface area contributed by atoms with Gasteiger partial charge in [-0.2, -0.15) is 0 Å². The van der Waals surface area contributed by atoms with Crippen molar-refractivity contribution in [3.05, 3.63) is 53.6 Å². The van der Waals surface area contributed by atoms with Gasteiger partial charge in [0.05, 0.1) is 0 Å². The SMILES string of the molecule is C/C(=C\c1cc(O)ccc1O)c1ccc(O)cc1. The van der Waals surface area contributed by atoms with E-state index in [0.717, 1.165) is 11.1 Å². The first-order chi connectivity index (χ1) is 8.56. The summed E-state index contributed by atoms with van der Waals surface area (Å²) in [6.45, 7) is 1.90. The second-order valence-electron chi connectivity index (χ2n) is 4.12. The molecule has 92 valence electrons. The van der Waals surface area contributed by atoms with E-state index in [1.54, 1.807) is 30.3 Å². The minimum Gasteiger partial charge on any atom is -0.508 e. The highest BCUT2D eigenvalue weighted by atomic mass is 16.3. The Morgan fingerprint density at radius 1 is 0.889 bits per heavy atom. The summed E-state index contributed by atoms with van der Waals surface area (Å²) >= 11 is 0. The van der Waals surface area contributed by atoms with Gasteiger partial charge in [-0.05, 0) is 54.5 Å². The van der Waals surface area contributed by atoms with Gasteiger partial charge in [0, 0.05) is 5.56 Å². The second kappa shape index (κ2) is 4.84. The summed E-state index contributed by atoms with van der Waals surface area (Å²) in [5, 5.41) is 28.3. The normalized spacial score (nSPS) is 11.5. The molecule has 0 aromatic heterocycles. The number of allylic oxidation sites excluding steroid dienone is 1. The van der Waals surface area contributed by atoms with Crippen LogP contribution in [-0.4, -0.2) is 15.3 Å². The third-order valence-corrected chi connectivity index (χ3v) is 2.71. The van der Waals surface area contributed by atoms with Crippen molar-refractivity contribution in [2.75, 3.05) is 0 Å². The molecule has 0 saturated heterocycles. The van der Waals surface area contributed by atoms with E-state index in [0.29, 0.717) is 5.56 Å². The highest BCUT2D eigenvalue weighted by Crippen LogP contribution is 2.27. The Hall–Kier alpha value is -2.42. The molecule has 2 rings (SSSR count). The van der Waals surface area contributed by atoms with E-state index in [4.69, 9.17) is 0 Å². The van der Waals surface area contributed by atoms with Crippen molar-refractivity contribution in [3.63, 3.8) is 0 Å². The van der Waals surface area contributed by atoms with Crippen LogP contribution in [0.25, 0.3) is 11.6 Å². The van der Waals surface area contributed by atoms with Crippen molar-refractivity contribution < 1.29 is 15.3 Å². The summed E-state index contributed by atoms with van der Waals surface area (Å²) < 4.78 is 0. The maximum absolute atomic E-state index is 9.68. The molecule has 0 aliphatic carbocycles. The molecule has 0 fully saturated rings. The Kier molecular flexibility index (Phi) is 3.24. The predicted octanol–water partition coefficient (Wildman–Crippen LogP) is 3.36. The average Bonchev–Trinajstić information content (AvgIpc) is 2.34. The van der Waals surface area contributed by atoms with Crippen molar-refractivity contribution in [1.82, 2.24) is 0 Å². The van der Waals surface area contributed by atoms with Crippen LogP contribution in [0, 0.1) is 0 Å². The fraction of sp³-hybridized carbons (Fsp3) is 0.0667. The first-order valence-corrected chi connectivity index (χ1v) is 5.56. The molecule has 0 bridgehead atoms. The number of hydrogen-bond acceptors (Lipinski definition) is 3. The predicted molar refractivity (Wildman–Crippen MR) is 71.4 cm³/mol. The number of aromatic hydroxyl groups is 3. The van der Waals surface area contributed by atoms with Crippen molar-refractivity contribution in [2.45, 2.75) is 6.92 Å². The van der Waals surface area contributed by atoms with E-state index >= 15 is 0 Å². The molecule has 0 unspecified atom stereocenters. The molecule has 3 nitrogen and oxygen atoms in total. The number of benzene rings is 2.